The number of hydrogen-bond acceptors (Lipinski definition) is 6. The van der Waals surface area contributed by atoms with Crippen molar-refractivity contribution in [3.8, 4) is 0 Å². The van der Waals surface area contributed by atoms with E-state index in [-0.39, 0.29) is 23.0 Å². The Morgan fingerprint density at radius 3 is 2.53 bits per heavy atom. The van der Waals surface area contributed by atoms with Gasteiger partial charge in [-0.3, -0.25) is 4.79 Å². The zero-order valence-corrected chi connectivity index (χ0v) is 21.5. The predicted molar refractivity (Wildman–Crippen MR) is 134 cm³/mol. The average molecular weight is 475 g/mol. The Bertz CT molecular complexity index is 978. The molecule has 0 unspecified atom stereocenters. The summed E-state index contributed by atoms with van der Waals surface area (Å²) in [7, 11) is 0. The fraction of sp³-hybridized carbons (Fsp3) is 0.520. The normalized spacial score (nSPS) is 16.3. The van der Waals surface area contributed by atoms with E-state index in [0.717, 1.165) is 22.6 Å². The number of thiophene rings is 1. The lowest BCUT2D eigenvalue weighted by atomic mass is 9.81. The Hall–Kier alpha value is -1.83. The maximum atomic E-state index is 12.9. The van der Waals surface area contributed by atoms with Crippen LogP contribution in [-0.4, -0.2) is 29.8 Å². The van der Waals surface area contributed by atoms with Crippen molar-refractivity contribution >= 4 is 40.0 Å². The van der Waals surface area contributed by atoms with Crippen molar-refractivity contribution in [2.45, 2.75) is 76.8 Å². The van der Waals surface area contributed by atoms with Crippen molar-refractivity contribution in [2.75, 3.05) is 17.7 Å². The number of anilines is 1. The number of fused-ring (bicyclic) bond motifs is 1. The van der Waals surface area contributed by atoms with Crippen LogP contribution in [0.1, 0.15) is 73.8 Å². The molecule has 0 saturated heterocycles. The van der Waals surface area contributed by atoms with Crippen LogP contribution in [0.2, 0.25) is 0 Å². The molecule has 2 heterocycles. The van der Waals surface area contributed by atoms with Gasteiger partial charge in [0.2, 0.25) is 5.91 Å². The van der Waals surface area contributed by atoms with E-state index < -0.39 is 0 Å². The molecule has 0 atom stereocenters. The van der Waals surface area contributed by atoms with Gasteiger partial charge in [0.15, 0.2) is 0 Å². The van der Waals surface area contributed by atoms with E-state index in [1.165, 1.54) is 21.8 Å². The van der Waals surface area contributed by atoms with E-state index in [1.807, 2.05) is 0 Å². The number of benzene rings is 1. The number of carbonyl (C=O) groups excluding carboxylic acids is 2. The molecule has 3 rings (SSSR count). The first-order valence-electron chi connectivity index (χ1n) is 11.1. The molecule has 32 heavy (non-hydrogen) atoms. The van der Waals surface area contributed by atoms with E-state index in [4.69, 9.17) is 4.74 Å². The molecule has 0 bridgehead atoms. The Labute approximate surface area is 199 Å². The van der Waals surface area contributed by atoms with E-state index >= 15 is 0 Å². The van der Waals surface area contributed by atoms with Gasteiger partial charge in [-0.25, -0.2) is 4.79 Å². The largest absolute Gasteiger partial charge is 0.462 e. The van der Waals surface area contributed by atoms with Crippen molar-refractivity contribution in [1.29, 1.82) is 0 Å². The van der Waals surface area contributed by atoms with Gasteiger partial charge in [0, 0.05) is 27.3 Å². The minimum Gasteiger partial charge on any atom is -0.462 e. The minimum absolute atomic E-state index is 0.0660. The molecule has 7 heteroatoms. The fourth-order valence-corrected chi connectivity index (χ4v) is 6.42. The summed E-state index contributed by atoms with van der Waals surface area (Å²) in [6, 6.07) is 8.42. The third-order valence-corrected chi connectivity index (χ3v) is 7.98. The van der Waals surface area contributed by atoms with Gasteiger partial charge < -0.3 is 15.4 Å². The highest BCUT2D eigenvalue weighted by Gasteiger charge is 2.42. The summed E-state index contributed by atoms with van der Waals surface area (Å²) in [5.41, 5.74) is 2.31. The van der Waals surface area contributed by atoms with Gasteiger partial charge in [-0.1, -0.05) is 17.7 Å². The number of thioether (sulfide) groups is 1. The summed E-state index contributed by atoms with van der Waals surface area (Å²) >= 11 is 3.24. The molecule has 0 fully saturated rings. The Balaban J connectivity index is 1.71. The monoisotopic (exact) mass is 474 g/mol. The number of rotatable bonds is 8. The summed E-state index contributed by atoms with van der Waals surface area (Å²) in [5, 5.41) is 7.29. The second-order valence-corrected chi connectivity index (χ2v) is 11.6. The van der Waals surface area contributed by atoms with Crippen LogP contribution < -0.4 is 10.6 Å². The molecule has 1 aliphatic heterocycles. The molecule has 0 radical (unpaired) electrons. The molecule has 1 aliphatic rings. The summed E-state index contributed by atoms with van der Waals surface area (Å²) < 4.78 is 5.36. The SMILES string of the molecule is CCOC(=O)c1c(NC(=O)CCCSc2ccc(C)cc2)sc2c1CC(C)(C)NC2(C)C. The van der Waals surface area contributed by atoms with Crippen LogP contribution in [0.25, 0.3) is 0 Å². The zero-order valence-electron chi connectivity index (χ0n) is 19.9. The molecule has 0 saturated carbocycles. The summed E-state index contributed by atoms with van der Waals surface area (Å²) in [5.74, 6) is 0.445. The number of hydrogen-bond donors (Lipinski definition) is 2. The highest BCUT2D eigenvalue weighted by Crippen LogP contribution is 2.45. The number of aryl methyl sites for hydroxylation is 1. The smallest absolute Gasteiger partial charge is 0.341 e. The van der Waals surface area contributed by atoms with Crippen LogP contribution in [0.15, 0.2) is 29.2 Å². The Kier molecular flexibility index (Phi) is 7.73. The Morgan fingerprint density at radius 2 is 1.88 bits per heavy atom. The highest BCUT2D eigenvalue weighted by molar-refractivity contribution is 7.99. The van der Waals surface area contributed by atoms with Gasteiger partial charge in [0.05, 0.1) is 12.2 Å². The average Bonchev–Trinajstić information content (AvgIpc) is 3.03. The number of ether oxygens (including phenoxy) is 1. The molecule has 5 nitrogen and oxygen atoms in total. The van der Waals surface area contributed by atoms with Gasteiger partial charge in [-0.15, -0.1) is 23.1 Å². The molecule has 1 aromatic heterocycles. The molecule has 0 aliphatic carbocycles. The van der Waals surface area contributed by atoms with E-state index in [0.29, 0.717) is 30.0 Å². The van der Waals surface area contributed by atoms with Gasteiger partial charge in [-0.2, -0.15) is 0 Å². The third-order valence-electron chi connectivity index (χ3n) is 5.41. The Morgan fingerprint density at radius 1 is 1.19 bits per heavy atom. The van der Waals surface area contributed by atoms with E-state index in [2.05, 4.69) is 69.5 Å². The molecule has 0 spiro atoms. The molecule has 1 amide bonds. The van der Waals surface area contributed by atoms with E-state index in [9.17, 15) is 9.59 Å². The second-order valence-electron chi connectivity index (χ2n) is 9.46. The van der Waals surface area contributed by atoms with Gasteiger partial charge >= 0.3 is 5.97 Å². The number of nitrogens with one attached hydrogen (secondary N) is 2. The lowest BCUT2D eigenvalue weighted by molar-refractivity contribution is -0.116. The number of esters is 1. The first-order chi connectivity index (χ1) is 15.0. The van der Waals surface area contributed by atoms with Crippen LogP contribution in [0, 0.1) is 6.92 Å². The van der Waals surface area contributed by atoms with Crippen LogP contribution in [0.4, 0.5) is 5.00 Å². The van der Waals surface area contributed by atoms with Crippen LogP contribution in [0.3, 0.4) is 0 Å². The minimum atomic E-state index is -0.358. The van der Waals surface area contributed by atoms with Crippen molar-refractivity contribution in [3.63, 3.8) is 0 Å². The van der Waals surface area contributed by atoms with Crippen LogP contribution in [-0.2, 0) is 21.5 Å². The van der Waals surface area contributed by atoms with Crippen molar-refractivity contribution in [3.05, 3.63) is 45.8 Å². The van der Waals surface area contributed by atoms with Crippen molar-refractivity contribution in [2.24, 2.45) is 0 Å². The molecule has 174 valence electrons. The third kappa shape index (κ3) is 5.94. The number of carbonyl (C=O) groups is 2. The second kappa shape index (κ2) is 9.98. The lowest BCUT2D eigenvalue weighted by Gasteiger charge is -2.42. The summed E-state index contributed by atoms with van der Waals surface area (Å²) in [6.45, 7) is 12.7. The van der Waals surface area contributed by atoms with Crippen LogP contribution >= 0.6 is 23.1 Å². The van der Waals surface area contributed by atoms with Crippen LogP contribution in [0.5, 0.6) is 0 Å². The first kappa shape index (κ1) is 24.8. The summed E-state index contributed by atoms with van der Waals surface area (Å²) in [6.07, 6.45) is 1.89. The molecule has 2 N–H and O–H groups in total. The maximum Gasteiger partial charge on any atom is 0.341 e. The van der Waals surface area contributed by atoms with E-state index in [1.54, 1.807) is 18.7 Å². The fourth-order valence-electron chi connectivity index (χ4n) is 4.28. The lowest BCUT2D eigenvalue weighted by Crippen LogP contribution is -2.55. The maximum absolute atomic E-state index is 12.9. The molecule has 1 aromatic carbocycles. The molecular weight excluding hydrogens is 440 g/mol. The quantitative estimate of drug-likeness (QED) is 0.283. The van der Waals surface area contributed by atoms with Crippen molar-refractivity contribution < 1.29 is 14.3 Å². The highest BCUT2D eigenvalue weighted by atomic mass is 32.2. The topological polar surface area (TPSA) is 67.4 Å². The summed E-state index contributed by atoms with van der Waals surface area (Å²) in [4.78, 5) is 27.9. The molecule has 2 aromatic rings. The molecular formula is C25H34N2O3S2. The number of amides is 1. The van der Waals surface area contributed by atoms with Gasteiger partial charge in [0.25, 0.3) is 0 Å². The van der Waals surface area contributed by atoms with Crippen molar-refractivity contribution in [1.82, 2.24) is 5.32 Å². The standard InChI is InChI=1S/C25H34N2O3S2/c1-7-30-23(29)20-18-15-24(3,4)27-25(5,6)21(18)32-22(20)26-19(28)9-8-14-31-17-12-10-16(2)11-13-17/h10-13,27H,7-9,14-15H2,1-6H3,(H,26,28). The first-order valence-corrected chi connectivity index (χ1v) is 12.9. The predicted octanol–water partition coefficient (Wildman–Crippen LogP) is 5.90. The van der Waals surface area contributed by atoms with Gasteiger partial charge in [0.1, 0.15) is 5.00 Å². The zero-order chi connectivity index (χ0) is 23.5. The van der Waals surface area contributed by atoms with Gasteiger partial charge in [-0.05, 0) is 77.8 Å².